The summed E-state index contributed by atoms with van der Waals surface area (Å²) in [6.45, 7) is 1.94. The quantitative estimate of drug-likeness (QED) is 0.787. The number of nitrogens with zero attached hydrogens (tertiary/aromatic N) is 3. The minimum Gasteiger partial charge on any atom is -0.501 e. The van der Waals surface area contributed by atoms with Crippen LogP contribution in [0.1, 0.15) is 25.3 Å². The predicted octanol–water partition coefficient (Wildman–Crippen LogP) is 0.692. The Balaban J connectivity index is 1.99. The van der Waals surface area contributed by atoms with Gasteiger partial charge in [0.1, 0.15) is 12.0 Å². The lowest BCUT2D eigenvalue weighted by atomic mass is 9.96. The standard InChI is InChI=1S/C19H23FN4O4/c1-11(25)22(2)14-7-8-23-15(9-14)24(10-12-3-5-13(20)6-4-12)16(18(21)27)17(26)19(23)28/h3-6,14-15,26H,7-10H2,1-2H3,(H2,21,27). The van der Waals surface area contributed by atoms with Crippen LogP contribution in [-0.4, -0.2) is 63.3 Å². The molecule has 2 atom stereocenters. The summed E-state index contributed by atoms with van der Waals surface area (Å²) >= 11 is 0. The van der Waals surface area contributed by atoms with Crippen LogP contribution in [0.3, 0.4) is 0 Å². The Bertz CT molecular complexity index is 839. The summed E-state index contributed by atoms with van der Waals surface area (Å²) in [7, 11) is 1.69. The maximum Gasteiger partial charge on any atom is 0.292 e. The average molecular weight is 390 g/mol. The first-order valence-corrected chi connectivity index (χ1v) is 8.99. The van der Waals surface area contributed by atoms with E-state index in [1.165, 1.54) is 24.0 Å². The minimum absolute atomic E-state index is 0.0980. The van der Waals surface area contributed by atoms with Crippen molar-refractivity contribution in [1.82, 2.24) is 14.7 Å². The monoisotopic (exact) mass is 390 g/mol. The SMILES string of the molecule is CC(=O)N(C)C1CCN2C(=O)C(O)=C(C(N)=O)N(Cc3ccc(F)cc3)C2C1. The van der Waals surface area contributed by atoms with Crippen LogP contribution in [0, 0.1) is 5.82 Å². The first kappa shape index (κ1) is 19.7. The highest BCUT2D eigenvalue weighted by molar-refractivity contribution is 6.03. The Morgan fingerprint density at radius 2 is 1.96 bits per heavy atom. The molecule has 1 aromatic carbocycles. The van der Waals surface area contributed by atoms with E-state index in [0.29, 0.717) is 24.9 Å². The van der Waals surface area contributed by atoms with Crippen LogP contribution in [0.4, 0.5) is 4.39 Å². The van der Waals surface area contributed by atoms with Gasteiger partial charge in [0.25, 0.3) is 11.8 Å². The van der Waals surface area contributed by atoms with Crippen molar-refractivity contribution in [2.24, 2.45) is 5.73 Å². The lowest BCUT2D eigenvalue weighted by molar-refractivity contribution is -0.147. The largest absolute Gasteiger partial charge is 0.501 e. The van der Waals surface area contributed by atoms with Gasteiger partial charge in [-0.15, -0.1) is 0 Å². The van der Waals surface area contributed by atoms with Crippen molar-refractivity contribution in [2.45, 2.75) is 38.5 Å². The first-order chi connectivity index (χ1) is 13.2. The van der Waals surface area contributed by atoms with E-state index >= 15 is 0 Å². The summed E-state index contributed by atoms with van der Waals surface area (Å²) < 4.78 is 13.2. The number of halogens is 1. The maximum atomic E-state index is 13.2. The molecule has 2 unspecified atom stereocenters. The van der Waals surface area contributed by atoms with Gasteiger partial charge in [0.2, 0.25) is 11.7 Å². The number of nitrogens with two attached hydrogens (primary N) is 1. The van der Waals surface area contributed by atoms with Crippen LogP contribution in [0.5, 0.6) is 0 Å². The van der Waals surface area contributed by atoms with Gasteiger partial charge in [-0.1, -0.05) is 12.1 Å². The third-order valence-corrected chi connectivity index (χ3v) is 5.42. The molecular weight excluding hydrogens is 367 g/mol. The Hall–Kier alpha value is -3.10. The molecule has 0 aromatic heterocycles. The highest BCUT2D eigenvalue weighted by Crippen LogP contribution is 2.33. The van der Waals surface area contributed by atoms with E-state index in [4.69, 9.17) is 5.73 Å². The molecule has 2 aliphatic rings. The summed E-state index contributed by atoms with van der Waals surface area (Å²) in [4.78, 5) is 41.0. The third-order valence-electron chi connectivity index (χ3n) is 5.42. The molecule has 3 N–H and O–H groups in total. The molecule has 28 heavy (non-hydrogen) atoms. The van der Waals surface area contributed by atoms with E-state index in [0.717, 1.165) is 0 Å². The number of rotatable bonds is 4. The van der Waals surface area contributed by atoms with E-state index in [2.05, 4.69) is 0 Å². The highest BCUT2D eigenvalue weighted by Gasteiger charge is 2.45. The number of amides is 3. The fraction of sp³-hybridized carbons (Fsp3) is 0.421. The van der Waals surface area contributed by atoms with Crippen molar-refractivity contribution in [3.63, 3.8) is 0 Å². The zero-order valence-corrected chi connectivity index (χ0v) is 15.8. The zero-order chi connectivity index (χ0) is 20.6. The van der Waals surface area contributed by atoms with Crippen molar-refractivity contribution in [3.8, 4) is 0 Å². The van der Waals surface area contributed by atoms with Crippen molar-refractivity contribution in [1.29, 1.82) is 0 Å². The fourth-order valence-electron chi connectivity index (χ4n) is 3.82. The second kappa shape index (κ2) is 7.49. The summed E-state index contributed by atoms with van der Waals surface area (Å²) in [5.41, 5.74) is 5.88. The normalized spacial score (nSPS) is 22.2. The number of aliphatic hydroxyl groups is 1. The Morgan fingerprint density at radius 1 is 1.32 bits per heavy atom. The smallest absolute Gasteiger partial charge is 0.292 e. The molecule has 8 nitrogen and oxygen atoms in total. The number of hydrogen-bond acceptors (Lipinski definition) is 5. The van der Waals surface area contributed by atoms with Gasteiger partial charge in [-0.2, -0.15) is 0 Å². The van der Waals surface area contributed by atoms with Gasteiger partial charge in [-0.25, -0.2) is 4.39 Å². The van der Waals surface area contributed by atoms with Crippen LogP contribution in [0.15, 0.2) is 35.7 Å². The van der Waals surface area contributed by atoms with Crippen molar-refractivity contribution >= 4 is 17.7 Å². The molecule has 1 fully saturated rings. The van der Waals surface area contributed by atoms with E-state index < -0.39 is 29.6 Å². The van der Waals surface area contributed by atoms with E-state index in [9.17, 15) is 23.9 Å². The minimum atomic E-state index is -0.922. The summed E-state index contributed by atoms with van der Waals surface area (Å²) in [6, 6.07) is 5.59. The number of aliphatic hydroxyl groups excluding tert-OH is 1. The van der Waals surface area contributed by atoms with Gasteiger partial charge in [0, 0.05) is 39.5 Å². The van der Waals surface area contributed by atoms with Crippen LogP contribution in [-0.2, 0) is 20.9 Å². The van der Waals surface area contributed by atoms with Crippen LogP contribution < -0.4 is 5.73 Å². The molecule has 2 heterocycles. The van der Waals surface area contributed by atoms with Gasteiger partial charge in [-0.3, -0.25) is 14.4 Å². The number of primary amides is 1. The number of carbonyl (C=O) groups is 3. The number of benzene rings is 1. The topological polar surface area (TPSA) is 107 Å². The van der Waals surface area contributed by atoms with Crippen LogP contribution >= 0.6 is 0 Å². The van der Waals surface area contributed by atoms with Crippen molar-refractivity contribution < 1.29 is 23.9 Å². The van der Waals surface area contributed by atoms with Crippen LogP contribution in [0.2, 0.25) is 0 Å². The van der Waals surface area contributed by atoms with Crippen molar-refractivity contribution in [3.05, 3.63) is 47.1 Å². The molecular formula is C19H23FN4O4. The van der Waals surface area contributed by atoms with Gasteiger partial charge >= 0.3 is 0 Å². The number of hydrogen-bond donors (Lipinski definition) is 2. The molecule has 3 rings (SSSR count). The molecule has 0 bridgehead atoms. The number of piperidine rings is 1. The number of fused-ring (bicyclic) bond motifs is 1. The predicted molar refractivity (Wildman–Crippen MR) is 97.8 cm³/mol. The molecule has 1 aromatic rings. The van der Waals surface area contributed by atoms with Gasteiger partial charge in [-0.05, 0) is 24.1 Å². The Labute approximate surface area is 162 Å². The molecule has 0 saturated carbocycles. The molecule has 0 spiro atoms. The molecule has 2 aliphatic heterocycles. The first-order valence-electron chi connectivity index (χ1n) is 8.99. The Morgan fingerprint density at radius 3 is 2.54 bits per heavy atom. The summed E-state index contributed by atoms with van der Waals surface area (Å²) in [5.74, 6) is -2.76. The lowest BCUT2D eigenvalue weighted by Crippen LogP contribution is -2.62. The van der Waals surface area contributed by atoms with Gasteiger partial charge in [0.15, 0.2) is 5.70 Å². The second-order valence-corrected chi connectivity index (χ2v) is 7.10. The van der Waals surface area contributed by atoms with Crippen LogP contribution in [0.25, 0.3) is 0 Å². The average Bonchev–Trinajstić information content (AvgIpc) is 2.66. The van der Waals surface area contributed by atoms with Gasteiger partial charge < -0.3 is 25.5 Å². The fourth-order valence-corrected chi connectivity index (χ4v) is 3.82. The third kappa shape index (κ3) is 3.51. The highest BCUT2D eigenvalue weighted by atomic mass is 19.1. The van der Waals surface area contributed by atoms with E-state index in [-0.39, 0.29) is 24.2 Å². The van der Waals surface area contributed by atoms with E-state index in [1.807, 2.05) is 0 Å². The lowest BCUT2D eigenvalue weighted by Gasteiger charge is -2.50. The zero-order valence-electron chi connectivity index (χ0n) is 15.8. The second-order valence-electron chi connectivity index (χ2n) is 7.10. The van der Waals surface area contributed by atoms with Crippen molar-refractivity contribution in [2.75, 3.05) is 13.6 Å². The summed E-state index contributed by atoms with van der Waals surface area (Å²) in [5, 5.41) is 10.3. The molecule has 0 aliphatic carbocycles. The van der Waals surface area contributed by atoms with Gasteiger partial charge in [0.05, 0.1) is 0 Å². The summed E-state index contributed by atoms with van der Waals surface area (Å²) in [6.07, 6.45) is 0.395. The number of carbonyl (C=O) groups excluding carboxylic acids is 3. The van der Waals surface area contributed by atoms with E-state index in [1.54, 1.807) is 29.0 Å². The molecule has 3 amide bonds. The Kier molecular flexibility index (Phi) is 5.26. The maximum absolute atomic E-state index is 13.2. The molecule has 9 heteroatoms. The molecule has 1 saturated heterocycles. The molecule has 150 valence electrons. The molecule has 0 radical (unpaired) electrons.